The minimum absolute atomic E-state index is 0.629. The lowest BCUT2D eigenvalue weighted by molar-refractivity contribution is 1.07. The predicted molar refractivity (Wildman–Crippen MR) is 203 cm³/mol. The van der Waals surface area contributed by atoms with Crippen molar-refractivity contribution in [1.29, 1.82) is 0 Å². The van der Waals surface area contributed by atoms with Gasteiger partial charge in [-0.15, -0.1) is 0 Å². The number of para-hydroxylation sites is 3. The maximum Gasteiger partial charge on any atom is 0.166 e. The Hall–Kier alpha value is -6.65. The molecule has 0 aliphatic heterocycles. The molecule has 0 spiro atoms. The summed E-state index contributed by atoms with van der Waals surface area (Å²) < 4.78 is 2.34. The van der Waals surface area contributed by atoms with Crippen LogP contribution in [0.4, 0.5) is 0 Å². The first-order chi connectivity index (χ1) is 24.3. The highest BCUT2D eigenvalue weighted by Gasteiger charge is 2.20. The molecule has 0 saturated heterocycles. The fraction of sp³-hybridized carbons (Fsp3) is 0. The highest BCUT2D eigenvalue weighted by atomic mass is 15.1. The summed E-state index contributed by atoms with van der Waals surface area (Å²) in [6.45, 7) is 0. The van der Waals surface area contributed by atoms with E-state index in [0.717, 1.165) is 44.2 Å². The molecule has 49 heavy (non-hydrogen) atoms. The van der Waals surface area contributed by atoms with Crippen molar-refractivity contribution in [3.63, 3.8) is 0 Å². The van der Waals surface area contributed by atoms with Crippen LogP contribution in [0.3, 0.4) is 0 Å². The fourth-order valence-corrected chi connectivity index (χ4v) is 7.44. The average molecular weight is 625 g/mol. The number of benzene rings is 8. The number of hydrogen-bond donors (Lipinski definition) is 0. The first-order valence-electron chi connectivity index (χ1n) is 16.5. The quantitative estimate of drug-likeness (QED) is 0.183. The van der Waals surface area contributed by atoms with Crippen molar-refractivity contribution < 1.29 is 0 Å². The normalized spacial score (nSPS) is 11.7. The molecule has 0 aliphatic rings. The molecule has 10 aromatic rings. The Balaban J connectivity index is 1.27. The molecule has 4 nitrogen and oxygen atoms in total. The minimum atomic E-state index is 0.629. The van der Waals surface area contributed by atoms with Gasteiger partial charge in [0.15, 0.2) is 17.5 Å². The largest absolute Gasteiger partial charge is 0.309 e. The Morgan fingerprint density at radius 3 is 1.63 bits per heavy atom. The molecular formula is C45H28N4. The second-order valence-corrected chi connectivity index (χ2v) is 12.4. The summed E-state index contributed by atoms with van der Waals surface area (Å²) in [4.78, 5) is 15.7. The summed E-state index contributed by atoms with van der Waals surface area (Å²) in [5.74, 6) is 1.91. The maximum absolute atomic E-state index is 5.31. The summed E-state index contributed by atoms with van der Waals surface area (Å²) in [5.41, 5.74) is 6.16. The van der Waals surface area contributed by atoms with Gasteiger partial charge in [0.1, 0.15) is 0 Å². The van der Waals surface area contributed by atoms with Crippen molar-refractivity contribution in [2.75, 3.05) is 0 Å². The van der Waals surface area contributed by atoms with Crippen LogP contribution in [0.5, 0.6) is 0 Å². The van der Waals surface area contributed by atoms with Crippen molar-refractivity contribution in [3.05, 3.63) is 170 Å². The Morgan fingerprint density at radius 2 is 0.878 bits per heavy atom. The van der Waals surface area contributed by atoms with E-state index < -0.39 is 0 Å². The van der Waals surface area contributed by atoms with Gasteiger partial charge in [0.05, 0.1) is 16.7 Å². The second kappa shape index (κ2) is 11.0. The SMILES string of the molecule is c1ccc(-c2nc(-c3ccccc3-n3c4ccccc4c4ccccc43)nc(-c3cc4ccc5ccccc5c4c4ccccc34)n2)cc1. The first kappa shape index (κ1) is 27.5. The zero-order valence-corrected chi connectivity index (χ0v) is 26.5. The van der Waals surface area contributed by atoms with Gasteiger partial charge in [-0.3, -0.25) is 0 Å². The Bertz CT molecular complexity index is 2830. The molecular weight excluding hydrogens is 597 g/mol. The van der Waals surface area contributed by atoms with Gasteiger partial charge >= 0.3 is 0 Å². The molecule has 228 valence electrons. The van der Waals surface area contributed by atoms with Crippen molar-refractivity contribution in [2.45, 2.75) is 0 Å². The van der Waals surface area contributed by atoms with Gasteiger partial charge in [-0.05, 0) is 62.6 Å². The van der Waals surface area contributed by atoms with E-state index in [1.807, 2.05) is 18.2 Å². The van der Waals surface area contributed by atoms with E-state index in [0.29, 0.717) is 17.5 Å². The van der Waals surface area contributed by atoms with Crippen molar-refractivity contribution in [2.24, 2.45) is 0 Å². The molecule has 2 aromatic heterocycles. The zero-order chi connectivity index (χ0) is 32.3. The smallest absolute Gasteiger partial charge is 0.166 e. The Labute approximate surface area is 282 Å². The molecule has 0 bridgehead atoms. The fourth-order valence-electron chi connectivity index (χ4n) is 7.44. The summed E-state index contributed by atoms with van der Waals surface area (Å²) >= 11 is 0. The minimum Gasteiger partial charge on any atom is -0.309 e. The predicted octanol–water partition coefficient (Wildman–Crippen LogP) is 11.4. The number of rotatable bonds is 4. The lowest BCUT2D eigenvalue weighted by Crippen LogP contribution is -2.04. The van der Waals surface area contributed by atoms with Gasteiger partial charge in [0.25, 0.3) is 0 Å². The van der Waals surface area contributed by atoms with Gasteiger partial charge in [-0.1, -0.05) is 140 Å². The monoisotopic (exact) mass is 624 g/mol. The van der Waals surface area contributed by atoms with Crippen LogP contribution in [0, 0.1) is 0 Å². The summed E-state index contributed by atoms with van der Waals surface area (Å²) in [5, 5.41) is 9.58. The molecule has 10 rings (SSSR count). The third-order valence-electron chi connectivity index (χ3n) is 9.62. The molecule has 0 radical (unpaired) electrons. The molecule has 0 unspecified atom stereocenters. The Morgan fingerprint density at radius 1 is 0.347 bits per heavy atom. The second-order valence-electron chi connectivity index (χ2n) is 12.4. The molecule has 0 amide bonds. The van der Waals surface area contributed by atoms with Gasteiger partial charge in [0.2, 0.25) is 0 Å². The van der Waals surface area contributed by atoms with Gasteiger partial charge in [-0.25, -0.2) is 15.0 Å². The van der Waals surface area contributed by atoms with E-state index in [1.54, 1.807) is 0 Å². The van der Waals surface area contributed by atoms with E-state index >= 15 is 0 Å². The molecule has 0 fully saturated rings. The van der Waals surface area contributed by atoms with E-state index in [2.05, 4.69) is 156 Å². The van der Waals surface area contributed by atoms with Crippen LogP contribution in [-0.2, 0) is 0 Å². The number of nitrogens with zero attached hydrogens (tertiary/aromatic N) is 4. The van der Waals surface area contributed by atoms with Crippen LogP contribution in [0.15, 0.2) is 170 Å². The highest BCUT2D eigenvalue weighted by Crippen LogP contribution is 2.39. The maximum atomic E-state index is 5.31. The number of hydrogen-bond acceptors (Lipinski definition) is 3. The summed E-state index contributed by atoms with van der Waals surface area (Å²) in [6, 6.07) is 59.7. The molecule has 4 heteroatoms. The number of fused-ring (bicyclic) bond motifs is 8. The third kappa shape index (κ3) is 4.35. The third-order valence-corrected chi connectivity index (χ3v) is 9.62. The first-order valence-corrected chi connectivity index (χ1v) is 16.5. The van der Waals surface area contributed by atoms with E-state index in [1.165, 1.54) is 32.3 Å². The van der Waals surface area contributed by atoms with E-state index in [4.69, 9.17) is 15.0 Å². The topological polar surface area (TPSA) is 43.6 Å². The summed E-state index contributed by atoms with van der Waals surface area (Å²) in [7, 11) is 0. The molecule has 0 saturated carbocycles. The molecule has 0 N–H and O–H groups in total. The molecule has 0 atom stereocenters. The lowest BCUT2D eigenvalue weighted by Gasteiger charge is -2.16. The van der Waals surface area contributed by atoms with Crippen LogP contribution < -0.4 is 0 Å². The van der Waals surface area contributed by atoms with E-state index in [-0.39, 0.29) is 0 Å². The van der Waals surface area contributed by atoms with Gasteiger partial charge in [0, 0.05) is 27.5 Å². The van der Waals surface area contributed by atoms with Crippen molar-refractivity contribution >= 4 is 54.1 Å². The highest BCUT2D eigenvalue weighted by molar-refractivity contribution is 6.23. The Kier molecular flexibility index (Phi) is 6.15. The zero-order valence-electron chi connectivity index (χ0n) is 26.5. The van der Waals surface area contributed by atoms with Crippen LogP contribution in [-0.4, -0.2) is 19.5 Å². The number of aromatic nitrogens is 4. The average Bonchev–Trinajstić information content (AvgIpc) is 3.52. The van der Waals surface area contributed by atoms with Crippen molar-refractivity contribution in [3.8, 4) is 39.9 Å². The van der Waals surface area contributed by atoms with E-state index in [9.17, 15) is 0 Å². The van der Waals surface area contributed by atoms with Gasteiger partial charge < -0.3 is 4.57 Å². The van der Waals surface area contributed by atoms with Crippen LogP contribution >= 0.6 is 0 Å². The van der Waals surface area contributed by atoms with Crippen molar-refractivity contribution in [1.82, 2.24) is 19.5 Å². The van der Waals surface area contributed by atoms with Gasteiger partial charge in [-0.2, -0.15) is 0 Å². The summed E-state index contributed by atoms with van der Waals surface area (Å²) in [6.07, 6.45) is 0. The lowest BCUT2D eigenvalue weighted by atomic mass is 9.93. The molecule has 8 aromatic carbocycles. The van der Waals surface area contributed by atoms with Crippen LogP contribution in [0.1, 0.15) is 0 Å². The molecule has 2 heterocycles. The standard InChI is InChI=1S/C45H28N4/c1-2-15-30(16-3-1)43-46-44(37-22-10-13-25-41(37)49-39-23-11-8-19-34(39)35-20-9-12-24-40(35)49)48-45(47-43)38-28-31-27-26-29-14-4-5-17-32(29)42(31)36-21-7-6-18-33(36)38/h1-28H. The van der Waals surface area contributed by atoms with Crippen LogP contribution in [0.25, 0.3) is 94.0 Å². The molecule has 0 aliphatic carbocycles. The van der Waals surface area contributed by atoms with Crippen LogP contribution in [0.2, 0.25) is 0 Å².